The van der Waals surface area contributed by atoms with Crippen LogP contribution in [-0.4, -0.2) is 36.2 Å². The number of phenolic OH excluding ortho intramolecular Hbond substituents is 1. The first kappa shape index (κ1) is 13.4. The highest BCUT2D eigenvalue weighted by Crippen LogP contribution is 2.22. The van der Waals surface area contributed by atoms with Gasteiger partial charge in [-0.05, 0) is 43.6 Å². The van der Waals surface area contributed by atoms with E-state index in [4.69, 9.17) is 0 Å². The molecule has 1 aromatic rings. The molecule has 1 saturated heterocycles. The molecule has 2 atom stereocenters. The van der Waals surface area contributed by atoms with Crippen LogP contribution in [0.25, 0.3) is 0 Å². The van der Waals surface area contributed by atoms with Gasteiger partial charge in [-0.2, -0.15) is 0 Å². The summed E-state index contributed by atoms with van der Waals surface area (Å²) in [7, 11) is 2.07. The molecule has 0 radical (unpaired) electrons. The van der Waals surface area contributed by atoms with E-state index in [9.17, 15) is 5.11 Å². The molecule has 2 unspecified atom stereocenters. The maximum Gasteiger partial charge on any atom is 0.115 e. The van der Waals surface area contributed by atoms with Crippen LogP contribution in [0.4, 0.5) is 0 Å². The number of likely N-dealkylation sites (tertiary alicyclic amines) is 1. The van der Waals surface area contributed by atoms with Gasteiger partial charge in [0.25, 0.3) is 0 Å². The van der Waals surface area contributed by atoms with Crippen molar-refractivity contribution >= 4 is 0 Å². The van der Waals surface area contributed by atoms with Crippen molar-refractivity contribution in [3.63, 3.8) is 0 Å². The standard InChI is InChI=1S/C15H24N2O/c1-3-13-11-17(8-7-15(13)16-2)10-12-5-4-6-14(18)9-12/h4-6,9,13,15-16,18H,3,7-8,10-11H2,1-2H3. The van der Waals surface area contributed by atoms with E-state index in [2.05, 4.69) is 30.3 Å². The van der Waals surface area contributed by atoms with Gasteiger partial charge in [0.15, 0.2) is 0 Å². The van der Waals surface area contributed by atoms with Crippen molar-refractivity contribution in [2.75, 3.05) is 20.1 Å². The average molecular weight is 248 g/mol. The number of phenols is 1. The molecule has 0 saturated carbocycles. The van der Waals surface area contributed by atoms with Crippen LogP contribution in [0.5, 0.6) is 5.75 Å². The summed E-state index contributed by atoms with van der Waals surface area (Å²) in [5.74, 6) is 1.10. The molecule has 0 aromatic heterocycles. The van der Waals surface area contributed by atoms with Gasteiger partial charge in [0.2, 0.25) is 0 Å². The van der Waals surface area contributed by atoms with Gasteiger partial charge in [-0.25, -0.2) is 0 Å². The Labute approximate surface area is 110 Å². The number of rotatable bonds is 4. The maximum absolute atomic E-state index is 9.49. The summed E-state index contributed by atoms with van der Waals surface area (Å²) in [6.07, 6.45) is 2.44. The summed E-state index contributed by atoms with van der Waals surface area (Å²) in [6.45, 7) is 5.50. The van der Waals surface area contributed by atoms with Crippen LogP contribution >= 0.6 is 0 Å². The van der Waals surface area contributed by atoms with Crippen molar-refractivity contribution < 1.29 is 5.11 Å². The minimum atomic E-state index is 0.365. The Hall–Kier alpha value is -1.06. The second-order valence-corrected chi connectivity index (χ2v) is 5.26. The van der Waals surface area contributed by atoms with Crippen molar-refractivity contribution in [2.24, 2.45) is 5.92 Å². The zero-order chi connectivity index (χ0) is 13.0. The lowest BCUT2D eigenvalue weighted by Crippen LogP contribution is -2.47. The van der Waals surface area contributed by atoms with Crippen LogP contribution < -0.4 is 5.32 Å². The topological polar surface area (TPSA) is 35.5 Å². The van der Waals surface area contributed by atoms with E-state index in [-0.39, 0.29) is 0 Å². The zero-order valence-electron chi connectivity index (χ0n) is 11.4. The quantitative estimate of drug-likeness (QED) is 0.857. The molecule has 0 spiro atoms. The summed E-state index contributed by atoms with van der Waals surface area (Å²) in [5, 5.41) is 12.9. The molecular weight excluding hydrogens is 224 g/mol. The summed E-state index contributed by atoms with van der Waals surface area (Å²) in [6, 6.07) is 8.26. The highest BCUT2D eigenvalue weighted by molar-refractivity contribution is 5.27. The van der Waals surface area contributed by atoms with Gasteiger partial charge >= 0.3 is 0 Å². The third-order valence-corrected chi connectivity index (χ3v) is 4.03. The third-order valence-electron chi connectivity index (χ3n) is 4.03. The fourth-order valence-corrected chi connectivity index (χ4v) is 2.96. The number of nitrogens with one attached hydrogen (secondary N) is 1. The smallest absolute Gasteiger partial charge is 0.115 e. The molecule has 2 rings (SSSR count). The van der Waals surface area contributed by atoms with Gasteiger partial charge in [0.05, 0.1) is 0 Å². The van der Waals surface area contributed by atoms with E-state index in [1.54, 1.807) is 6.07 Å². The molecular formula is C15H24N2O. The zero-order valence-corrected chi connectivity index (χ0v) is 11.4. The SMILES string of the molecule is CCC1CN(Cc2cccc(O)c2)CCC1NC. The Morgan fingerprint density at radius 3 is 2.94 bits per heavy atom. The highest BCUT2D eigenvalue weighted by Gasteiger charge is 2.26. The van der Waals surface area contributed by atoms with Crippen molar-refractivity contribution in [3.8, 4) is 5.75 Å². The molecule has 18 heavy (non-hydrogen) atoms. The first-order chi connectivity index (χ1) is 8.72. The molecule has 3 nitrogen and oxygen atoms in total. The lowest BCUT2D eigenvalue weighted by Gasteiger charge is -2.38. The summed E-state index contributed by atoms with van der Waals surface area (Å²) < 4.78 is 0. The predicted molar refractivity (Wildman–Crippen MR) is 74.6 cm³/mol. The van der Waals surface area contributed by atoms with Gasteiger partial charge < -0.3 is 10.4 Å². The minimum absolute atomic E-state index is 0.365. The predicted octanol–water partition coefficient (Wildman–Crippen LogP) is 2.21. The van der Waals surface area contributed by atoms with Crippen molar-refractivity contribution in [3.05, 3.63) is 29.8 Å². The maximum atomic E-state index is 9.49. The van der Waals surface area contributed by atoms with E-state index in [0.717, 1.165) is 25.6 Å². The fourth-order valence-electron chi connectivity index (χ4n) is 2.96. The Balaban J connectivity index is 1.95. The van der Waals surface area contributed by atoms with Crippen LogP contribution in [0, 0.1) is 5.92 Å². The molecule has 0 aliphatic carbocycles. The Morgan fingerprint density at radius 2 is 2.28 bits per heavy atom. The number of aromatic hydroxyl groups is 1. The first-order valence-electron chi connectivity index (χ1n) is 6.90. The third kappa shape index (κ3) is 3.24. The van der Waals surface area contributed by atoms with Gasteiger partial charge in [0.1, 0.15) is 5.75 Å². The highest BCUT2D eigenvalue weighted by atomic mass is 16.3. The van der Waals surface area contributed by atoms with Crippen molar-refractivity contribution in [1.29, 1.82) is 0 Å². The molecule has 1 aliphatic rings. The normalized spacial score (nSPS) is 25.2. The van der Waals surface area contributed by atoms with E-state index in [1.165, 1.54) is 18.4 Å². The second-order valence-electron chi connectivity index (χ2n) is 5.26. The number of hydrogen-bond acceptors (Lipinski definition) is 3. The number of piperidine rings is 1. The van der Waals surface area contributed by atoms with Gasteiger partial charge in [-0.1, -0.05) is 25.5 Å². The molecule has 1 heterocycles. The fraction of sp³-hybridized carbons (Fsp3) is 0.600. The Kier molecular flexibility index (Phi) is 4.61. The largest absolute Gasteiger partial charge is 0.508 e. The van der Waals surface area contributed by atoms with Crippen LogP contribution in [-0.2, 0) is 6.54 Å². The average Bonchev–Trinajstić information content (AvgIpc) is 2.38. The molecule has 3 heteroatoms. The molecule has 100 valence electrons. The first-order valence-corrected chi connectivity index (χ1v) is 6.90. The molecule has 0 amide bonds. The van der Waals surface area contributed by atoms with E-state index >= 15 is 0 Å². The minimum Gasteiger partial charge on any atom is -0.508 e. The van der Waals surface area contributed by atoms with Gasteiger partial charge in [-0.3, -0.25) is 4.90 Å². The van der Waals surface area contributed by atoms with Crippen LogP contribution in [0.3, 0.4) is 0 Å². The van der Waals surface area contributed by atoms with E-state index < -0.39 is 0 Å². The Morgan fingerprint density at radius 1 is 1.44 bits per heavy atom. The van der Waals surface area contributed by atoms with E-state index in [0.29, 0.717) is 11.8 Å². The van der Waals surface area contributed by atoms with Gasteiger partial charge in [-0.15, -0.1) is 0 Å². The van der Waals surface area contributed by atoms with Crippen molar-refractivity contribution in [2.45, 2.75) is 32.4 Å². The van der Waals surface area contributed by atoms with Gasteiger partial charge in [0, 0.05) is 19.1 Å². The lowest BCUT2D eigenvalue weighted by molar-refractivity contribution is 0.132. The number of benzene rings is 1. The van der Waals surface area contributed by atoms with E-state index in [1.807, 2.05) is 12.1 Å². The van der Waals surface area contributed by atoms with Crippen LogP contribution in [0.2, 0.25) is 0 Å². The Bertz CT molecular complexity index is 381. The van der Waals surface area contributed by atoms with Crippen LogP contribution in [0.15, 0.2) is 24.3 Å². The number of nitrogens with zero attached hydrogens (tertiary/aromatic N) is 1. The monoisotopic (exact) mass is 248 g/mol. The molecule has 1 aromatic carbocycles. The molecule has 2 N–H and O–H groups in total. The summed E-state index contributed by atoms with van der Waals surface area (Å²) >= 11 is 0. The van der Waals surface area contributed by atoms with Crippen molar-refractivity contribution in [1.82, 2.24) is 10.2 Å². The molecule has 1 fully saturated rings. The lowest BCUT2D eigenvalue weighted by atomic mass is 9.90. The molecule has 0 bridgehead atoms. The van der Waals surface area contributed by atoms with Crippen LogP contribution in [0.1, 0.15) is 25.3 Å². The molecule has 1 aliphatic heterocycles. The summed E-state index contributed by atoms with van der Waals surface area (Å²) in [4.78, 5) is 2.50. The summed E-state index contributed by atoms with van der Waals surface area (Å²) in [5.41, 5.74) is 1.20. The second kappa shape index (κ2) is 6.21. The number of hydrogen-bond donors (Lipinski definition) is 2.